The van der Waals surface area contributed by atoms with Crippen LogP contribution < -0.4 is 5.32 Å². The summed E-state index contributed by atoms with van der Waals surface area (Å²) >= 11 is 0. The van der Waals surface area contributed by atoms with Crippen LogP contribution in [0.5, 0.6) is 0 Å². The molecule has 1 N–H and O–H groups in total. The van der Waals surface area contributed by atoms with Crippen LogP contribution in [0.15, 0.2) is 18.2 Å². The van der Waals surface area contributed by atoms with Gasteiger partial charge in [0.25, 0.3) is 5.69 Å². The van der Waals surface area contributed by atoms with E-state index in [9.17, 15) is 19.7 Å². The lowest BCUT2D eigenvalue weighted by Gasteiger charge is -2.31. The number of non-ortho nitro benzene ring substituents is 1. The highest BCUT2D eigenvalue weighted by molar-refractivity contribution is 5.94. The fourth-order valence-corrected chi connectivity index (χ4v) is 2.66. The molecule has 1 aliphatic heterocycles. The fraction of sp³-hybridized carbons (Fsp3) is 0.500. The fourth-order valence-electron chi connectivity index (χ4n) is 2.66. The van der Waals surface area contributed by atoms with Crippen molar-refractivity contribution in [2.45, 2.75) is 26.7 Å². The molecule has 1 aromatic rings. The van der Waals surface area contributed by atoms with Crippen LogP contribution in [0.4, 0.5) is 16.2 Å². The van der Waals surface area contributed by atoms with E-state index in [4.69, 9.17) is 4.74 Å². The van der Waals surface area contributed by atoms with Gasteiger partial charge < -0.3 is 15.0 Å². The summed E-state index contributed by atoms with van der Waals surface area (Å²) < 4.78 is 4.97. The maximum Gasteiger partial charge on any atom is 0.409 e. The lowest BCUT2D eigenvalue weighted by Crippen LogP contribution is -2.44. The largest absolute Gasteiger partial charge is 0.450 e. The van der Waals surface area contributed by atoms with Crippen molar-refractivity contribution < 1.29 is 19.2 Å². The third kappa shape index (κ3) is 4.21. The summed E-state index contributed by atoms with van der Waals surface area (Å²) in [6.07, 6.45) is 0.960. The average Bonchev–Trinajstić information content (AvgIpc) is 2.57. The van der Waals surface area contributed by atoms with Crippen molar-refractivity contribution in [3.8, 4) is 0 Å². The van der Waals surface area contributed by atoms with Crippen LogP contribution in [0.1, 0.15) is 25.3 Å². The van der Waals surface area contributed by atoms with Gasteiger partial charge in [-0.1, -0.05) is 6.07 Å². The molecule has 1 heterocycles. The number of hydrogen-bond donors (Lipinski definition) is 1. The summed E-state index contributed by atoms with van der Waals surface area (Å²) in [5.74, 6) is -0.602. The molecule has 2 amide bonds. The van der Waals surface area contributed by atoms with Gasteiger partial charge in [0.05, 0.1) is 23.1 Å². The highest BCUT2D eigenvalue weighted by Gasteiger charge is 2.29. The Hall–Kier alpha value is -2.64. The van der Waals surface area contributed by atoms with E-state index in [-0.39, 0.29) is 17.5 Å². The Balaban J connectivity index is 2.05. The standard InChI is InChI=1S/C16H21N3O5/c1-3-24-16(21)18-8-4-5-12(10-18)15(20)17-14-9-13(19(22)23)7-6-11(14)2/h6-7,9,12H,3-5,8,10H2,1-2H3,(H,17,20). The van der Waals surface area contributed by atoms with Gasteiger partial charge >= 0.3 is 6.09 Å². The van der Waals surface area contributed by atoms with E-state index in [0.717, 1.165) is 5.56 Å². The van der Waals surface area contributed by atoms with Gasteiger partial charge in [-0.3, -0.25) is 14.9 Å². The Morgan fingerprint density at radius 3 is 2.88 bits per heavy atom. The quantitative estimate of drug-likeness (QED) is 0.673. The summed E-state index contributed by atoms with van der Waals surface area (Å²) in [5.41, 5.74) is 1.09. The summed E-state index contributed by atoms with van der Waals surface area (Å²) in [5, 5.41) is 13.6. The van der Waals surface area contributed by atoms with Gasteiger partial charge in [-0.2, -0.15) is 0 Å². The highest BCUT2D eigenvalue weighted by Crippen LogP contribution is 2.24. The first-order valence-electron chi connectivity index (χ1n) is 7.90. The summed E-state index contributed by atoms with van der Waals surface area (Å²) in [7, 11) is 0. The number of carbonyl (C=O) groups excluding carboxylic acids is 2. The van der Waals surface area contributed by atoms with Crippen molar-refractivity contribution in [3.05, 3.63) is 33.9 Å². The number of benzene rings is 1. The zero-order chi connectivity index (χ0) is 17.7. The van der Waals surface area contributed by atoms with Gasteiger partial charge in [-0.15, -0.1) is 0 Å². The first kappa shape index (κ1) is 17.7. The summed E-state index contributed by atoms with van der Waals surface area (Å²) in [6, 6.07) is 4.34. The molecular weight excluding hydrogens is 314 g/mol. The van der Waals surface area contributed by atoms with Crippen LogP contribution in [-0.2, 0) is 9.53 Å². The number of nitrogens with zero attached hydrogens (tertiary/aromatic N) is 2. The molecule has 1 saturated heterocycles. The Bertz CT molecular complexity index is 647. The third-order valence-electron chi connectivity index (χ3n) is 4.01. The van der Waals surface area contributed by atoms with Gasteiger partial charge in [-0.05, 0) is 32.3 Å². The number of anilines is 1. The van der Waals surface area contributed by atoms with E-state index >= 15 is 0 Å². The van der Waals surface area contributed by atoms with E-state index in [1.165, 1.54) is 17.0 Å². The number of nitro groups is 1. The van der Waals surface area contributed by atoms with Gasteiger partial charge in [0, 0.05) is 25.2 Å². The minimum Gasteiger partial charge on any atom is -0.450 e. The zero-order valence-corrected chi connectivity index (χ0v) is 13.8. The minimum atomic E-state index is -0.502. The molecule has 0 saturated carbocycles. The Morgan fingerprint density at radius 2 is 2.21 bits per heavy atom. The molecular formula is C16H21N3O5. The second-order valence-corrected chi connectivity index (χ2v) is 5.73. The second kappa shape index (κ2) is 7.76. The molecule has 1 aromatic carbocycles. The molecule has 0 radical (unpaired) electrons. The molecule has 1 fully saturated rings. The molecule has 2 rings (SSSR count). The third-order valence-corrected chi connectivity index (χ3v) is 4.01. The number of rotatable bonds is 4. The van der Waals surface area contributed by atoms with Crippen molar-refractivity contribution >= 4 is 23.4 Å². The number of nitrogens with one attached hydrogen (secondary N) is 1. The van der Waals surface area contributed by atoms with Crippen molar-refractivity contribution in [1.82, 2.24) is 4.90 Å². The number of amides is 2. The van der Waals surface area contributed by atoms with Gasteiger partial charge in [0.1, 0.15) is 0 Å². The number of piperidine rings is 1. The minimum absolute atomic E-state index is 0.0762. The van der Waals surface area contributed by atoms with Crippen LogP contribution in [0, 0.1) is 23.0 Å². The number of nitro benzene ring substituents is 1. The van der Waals surface area contributed by atoms with Crippen LogP contribution in [-0.4, -0.2) is 41.5 Å². The second-order valence-electron chi connectivity index (χ2n) is 5.73. The van der Waals surface area contributed by atoms with Crippen LogP contribution in [0.2, 0.25) is 0 Å². The predicted molar refractivity (Wildman–Crippen MR) is 87.8 cm³/mol. The van der Waals surface area contributed by atoms with Crippen LogP contribution >= 0.6 is 0 Å². The van der Waals surface area contributed by atoms with Crippen molar-refractivity contribution in [1.29, 1.82) is 0 Å². The average molecular weight is 335 g/mol. The van der Waals surface area contributed by atoms with Gasteiger partial charge in [0.15, 0.2) is 0 Å². The molecule has 0 aromatic heterocycles. The smallest absolute Gasteiger partial charge is 0.409 e. The SMILES string of the molecule is CCOC(=O)N1CCCC(C(=O)Nc2cc([N+](=O)[O-])ccc2C)C1. The molecule has 24 heavy (non-hydrogen) atoms. The van der Waals surface area contributed by atoms with E-state index in [0.29, 0.717) is 38.2 Å². The van der Waals surface area contributed by atoms with E-state index < -0.39 is 11.0 Å². The lowest BCUT2D eigenvalue weighted by molar-refractivity contribution is -0.384. The maximum absolute atomic E-state index is 12.5. The molecule has 130 valence electrons. The number of carbonyl (C=O) groups is 2. The number of ether oxygens (including phenoxy) is 1. The molecule has 8 heteroatoms. The summed E-state index contributed by atoms with van der Waals surface area (Å²) in [4.78, 5) is 36.2. The van der Waals surface area contributed by atoms with Crippen molar-refractivity contribution in [2.24, 2.45) is 5.92 Å². The molecule has 1 aliphatic rings. The molecule has 0 bridgehead atoms. The van der Waals surface area contributed by atoms with Crippen molar-refractivity contribution in [2.75, 3.05) is 25.0 Å². The van der Waals surface area contributed by atoms with E-state index in [1.54, 1.807) is 19.9 Å². The highest BCUT2D eigenvalue weighted by atomic mass is 16.6. The zero-order valence-electron chi connectivity index (χ0n) is 13.8. The molecule has 8 nitrogen and oxygen atoms in total. The normalized spacial score (nSPS) is 17.2. The number of likely N-dealkylation sites (tertiary alicyclic amines) is 1. The van der Waals surface area contributed by atoms with Crippen LogP contribution in [0.3, 0.4) is 0 Å². The number of aryl methyl sites for hydroxylation is 1. The molecule has 1 unspecified atom stereocenters. The Kier molecular flexibility index (Phi) is 5.73. The molecule has 1 atom stereocenters. The topological polar surface area (TPSA) is 102 Å². The maximum atomic E-state index is 12.5. The lowest BCUT2D eigenvalue weighted by atomic mass is 9.97. The molecule has 0 aliphatic carbocycles. The van der Waals surface area contributed by atoms with Crippen molar-refractivity contribution in [3.63, 3.8) is 0 Å². The van der Waals surface area contributed by atoms with Gasteiger partial charge in [0.2, 0.25) is 5.91 Å². The van der Waals surface area contributed by atoms with E-state index in [2.05, 4.69) is 5.32 Å². The Labute approximate surface area is 139 Å². The number of hydrogen-bond acceptors (Lipinski definition) is 5. The van der Waals surface area contributed by atoms with Gasteiger partial charge in [-0.25, -0.2) is 4.79 Å². The van der Waals surface area contributed by atoms with E-state index in [1.807, 2.05) is 0 Å². The monoisotopic (exact) mass is 335 g/mol. The summed E-state index contributed by atoms with van der Waals surface area (Å²) in [6.45, 7) is 4.65. The predicted octanol–water partition coefficient (Wildman–Crippen LogP) is 2.71. The first-order valence-corrected chi connectivity index (χ1v) is 7.90. The first-order chi connectivity index (χ1) is 11.4. The Morgan fingerprint density at radius 1 is 1.46 bits per heavy atom. The molecule has 0 spiro atoms. The van der Waals surface area contributed by atoms with Crippen LogP contribution in [0.25, 0.3) is 0 Å².